The van der Waals surface area contributed by atoms with Crippen LogP contribution in [0.4, 0.5) is 0 Å². The summed E-state index contributed by atoms with van der Waals surface area (Å²) in [7, 11) is 0. The molecule has 3 N–H and O–H groups in total. The largest absolute Gasteiger partial charge is 0.480 e. The fourth-order valence-electron chi connectivity index (χ4n) is 2.23. The summed E-state index contributed by atoms with van der Waals surface area (Å²) in [4.78, 5) is 23.1. The number of carboxylic acids is 1. The number of amides is 1. The molecule has 0 saturated heterocycles. The Labute approximate surface area is 131 Å². The second-order valence-electron chi connectivity index (χ2n) is 6.13. The van der Waals surface area contributed by atoms with Gasteiger partial charge in [0, 0.05) is 0 Å². The van der Waals surface area contributed by atoms with Gasteiger partial charge in [-0.2, -0.15) is 0 Å². The number of carboxylic acid groups (broad SMARTS) is 1. The smallest absolute Gasteiger partial charge is 0.328 e. The van der Waals surface area contributed by atoms with Crippen molar-refractivity contribution in [2.45, 2.75) is 52.2 Å². The SMILES string of the molecule is CC(C)Cc1ccc([C@H](C)C(=O)N[C@H](C(=O)O)[C@@H](C)O)cc1. The van der Waals surface area contributed by atoms with Gasteiger partial charge in [0.15, 0.2) is 6.04 Å². The minimum absolute atomic E-state index is 0.412. The average molecular weight is 307 g/mol. The highest BCUT2D eigenvalue weighted by atomic mass is 16.4. The van der Waals surface area contributed by atoms with E-state index in [1.807, 2.05) is 24.3 Å². The second-order valence-corrected chi connectivity index (χ2v) is 6.13. The van der Waals surface area contributed by atoms with Gasteiger partial charge in [0.1, 0.15) is 0 Å². The summed E-state index contributed by atoms with van der Waals surface area (Å²) in [5, 5.41) is 20.8. The first-order valence-electron chi connectivity index (χ1n) is 7.52. The topological polar surface area (TPSA) is 86.6 Å². The summed E-state index contributed by atoms with van der Waals surface area (Å²) in [5.74, 6) is -1.57. The molecule has 0 aliphatic heterocycles. The Bertz CT molecular complexity index is 508. The second kappa shape index (κ2) is 7.94. The van der Waals surface area contributed by atoms with E-state index in [9.17, 15) is 14.7 Å². The van der Waals surface area contributed by atoms with E-state index in [-0.39, 0.29) is 0 Å². The Balaban J connectivity index is 2.76. The monoisotopic (exact) mass is 307 g/mol. The zero-order valence-electron chi connectivity index (χ0n) is 13.5. The lowest BCUT2D eigenvalue weighted by Crippen LogP contribution is -2.48. The number of hydrogen-bond donors (Lipinski definition) is 3. The first-order chi connectivity index (χ1) is 10.2. The molecule has 1 aromatic rings. The summed E-state index contributed by atoms with van der Waals surface area (Å²) in [6.07, 6.45) is -0.175. The van der Waals surface area contributed by atoms with Crippen LogP contribution in [0.25, 0.3) is 0 Å². The summed E-state index contributed by atoms with van der Waals surface area (Å²) in [5.41, 5.74) is 2.03. The number of aliphatic hydroxyl groups is 1. The first-order valence-corrected chi connectivity index (χ1v) is 7.52. The maximum absolute atomic E-state index is 12.1. The number of aliphatic carboxylic acids is 1. The van der Waals surface area contributed by atoms with Crippen LogP contribution in [0.1, 0.15) is 44.7 Å². The van der Waals surface area contributed by atoms with Crippen LogP contribution in [0.3, 0.4) is 0 Å². The van der Waals surface area contributed by atoms with Crippen LogP contribution in [0.5, 0.6) is 0 Å². The van der Waals surface area contributed by atoms with E-state index in [4.69, 9.17) is 5.11 Å². The Hall–Kier alpha value is -1.88. The molecule has 0 unspecified atom stereocenters. The maximum Gasteiger partial charge on any atom is 0.328 e. The van der Waals surface area contributed by atoms with Gasteiger partial charge in [0.25, 0.3) is 0 Å². The predicted octanol–water partition coefficient (Wildman–Crippen LogP) is 1.94. The zero-order valence-corrected chi connectivity index (χ0v) is 13.5. The molecule has 5 heteroatoms. The lowest BCUT2D eigenvalue weighted by atomic mass is 9.96. The van der Waals surface area contributed by atoms with Gasteiger partial charge >= 0.3 is 5.97 Å². The normalized spacial score (nSPS) is 15.2. The molecule has 0 spiro atoms. The van der Waals surface area contributed by atoms with Gasteiger partial charge in [-0.25, -0.2) is 4.79 Å². The molecule has 1 rings (SSSR count). The van der Waals surface area contributed by atoms with Gasteiger partial charge < -0.3 is 15.5 Å². The molecule has 122 valence electrons. The highest BCUT2D eigenvalue weighted by Crippen LogP contribution is 2.18. The molecule has 0 bridgehead atoms. The number of rotatable bonds is 7. The van der Waals surface area contributed by atoms with Crippen LogP contribution in [-0.4, -0.2) is 34.2 Å². The van der Waals surface area contributed by atoms with Crippen molar-refractivity contribution in [1.82, 2.24) is 5.32 Å². The van der Waals surface area contributed by atoms with Crippen molar-refractivity contribution >= 4 is 11.9 Å². The summed E-state index contributed by atoms with van der Waals surface area (Å²) >= 11 is 0. The fourth-order valence-corrected chi connectivity index (χ4v) is 2.23. The number of carbonyl (C=O) groups excluding carboxylic acids is 1. The number of nitrogens with one attached hydrogen (secondary N) is 1. The van der Waals surface area contributed by atoms with Crippen LogP contribution in [0, 0.1) is 5.92 Å². The van der Waals surface area contributed by atoms with Crippen LogP contribution >= 0.6 is 0 Å². The fraction of sp³-hybridized carbons (Fsp3) is 0.529. The van der Waals surface area contributed by atoms with Crippen molar-refractivity contribution in [1.29, 1.82) is 0 Å². The Morgan fingerprint density at radius 2 is 1.64 bits per heavy atom. The van der Waals surface area contributed by atoms with Crippen LogP contribution in [-0.2, 0) is 16.0 Å². The first kappa shape index (κ1) is 18.2. The van der Waals surface area contributed by atoms with Crippen LogP contribution < -0.4 is 5.32 Å². The van der Waals surface area contributed by atoms with Crippen LogP contribution in [0.15, 0.2) is 24.3 Å². The van der Waals surface area contributed by atoms with Gasteiger partial charge in [0.05, 0.1) is 12.0 Å². The third-order valence-electron chi connectivity index (χ3n) is 3.56. The average Bonchev–Trinajstić information content (AvgIpc) is 2.43. The Morgan fingerprint density at radius 3 is 2.05 bits per heavy atom. The lowest BCUT2D eigenvalue weighted by Gasteiger charge is -2.20. The number of hydrogen-bond acceptors (Lipinski definition) is 3. The number of carbonyl (C=O) groups is 2. The standard InChI is InChI=1S/C17H25NO4/c1-10(2)9-13-5-7-14(8-6-13)11(3)16(20)18-15(12(4)19)17(21)22/h5-8,10-12,15,19H,9H2,1-4H3,(H,18,20)(H,21,22)/t11-,12+,15-/m0/s1. The quantitative estimate of drug-likeness (QED) is 0.718. The molecule has 1 aromatic carbocycles. The van der Waals surface area contributed by atoms with Gasteiger partial charge in [-0.3, -0.25) is 4.79 Å². The summed E-state index contributed by atoms with van der Waals surface area (Å²) in [6, 6.07) is 6.46. The van der Waals surface area contributed by atoms with Crippen molar-refractivity contribution in [3.8, 4) is 0 Å². The predicted molar refractivity (Wildman–Crippen MR) is 84.6 cm³/mol. The molecular weight excluding hydrogens is 282 g/mol. The maximum atomic E-state index is 12.1. The summed E-state index contributed by atoms with van der Waals surface area (Å²) in [6.45, 7) is 7.34. The molecule has 5 nitrogen and oxygen atoms in total. The van der Waals surface area contributed by atoms with E-state index < -0.39 is 29.9 Å². The number of aliphatic hydroxyl groups excluding tert-OH is 1. The molecule has 3 atom stereocenters. The molecule has 1 amide bonds. The molecule has 0 aliphatic carbocycles. The lowest BCUT2D eigenvalue weighted by molar-refractivity contribution is -0.144. The van der Waals surface area contributed by atoms with E-state index in [1.54, 1.807) is 6.92 Å². The molecule has 0 fully saturated rings. The van der Waals surface area contributed by atoms with Crippen molar-refractivity contribution in [3.63, 3.8) is 0 Å². The van der Waals surface area contributed by atoms with E-state index in [0.29, 0.717) is 5.92 Å². The van der Waals surface area contributed by atoms with Crippen molar-refractivity contribution in [3.05, 3.63) is 35.4 Å². The van der Waals surface area contributed by atoms with E-state index in [2.05, 4.69) is 19.2 Å². The molecular formula is C17H25NO4. The van der Waals surface area contributed by atoms with Gasteiger partial charge in [-0.15, -0.1) is 0 Å². The Kier molecular flexibility index (Phi) is 6.56. The number of benzene rings is 1. The minimum atomic E-state index is -1.30. The van der Waals surface area contributed by atoms with Crippen molar-refractivity contribution < 1.29 is 19.8 Å². The van der Waals surface area contributed by atoms with Gasteiger partial charge in [-0.05, 0) is 37.3 Å². The van der Waals surface area contributed by atoms with E-state index in [0.717, 1.165) is 12.0 Å². The third kappa shape index (κ3) is 5.15. The molecule has 0 radical (unpaired) electrons. The van der Waals surface area contributed by atoms with Gasteiger partial charge in [0.2, 0.25) is 5.91 Å². The molecule has 0 aliphatic rings. The van der Waals surface area contributed by atoms with E-state index in [1.165, 1.54) is 12.5 Å². The van der Waals surface area contributed by atoms with Crippen LogP contribution in [0.2, 0.25) is 0 Å². The highest BCUT2D eigenvalue weighted by molar-refractivity contribution is 5.88. The van der Waals surface area contributed by atoms with Crippen molar-refractivity contribution in [2.24, 2.45) is 5.92 Å². The molecule has 22 heavy (non-hydrogen) atoms. The molecule has 0 aromatic heterocycles. The van der Waals surface area contributed by atoms with Gasteiger partial charge in [-0.1, -0.05) is 38.1 Å². The summed E-state index contributed by atoms with van der Waals surface area (Å²) < 4.78 is 0. The van der Waals surface area contributed by atoms with Crippen molar-refractivity contribution in [2.75, 3.05) is 0 Å². The molecule has 0 saturated carbocycles. The molecule has 0 heterocycles. The highest BCUT2D eigenvalue weighted by Gasteiger charge is 2.27. The minimum Gasteiger partial charge on any atom is -0.480 e. The zero-order chi connectivity index (χ0) is 16.9. The Morgan fingerprint density at radius 1 is 1.09 bits per heavy atom. The van der Waals surface area contributed by atoms with E-state index >= 15 is 0 Å². The third-order valence-corrected chi connectivity index (χ3v) is 3.56.